The molecule has 0 atom stereocenters. The lowest BCUT2D eigenvalue weighted by Crippen LogP contribution is -2.04. The molecule has 3 rings (SSSR count). The maximum absolute atomic E-state index is 13.5. The van der Waals surface area contributed by atoms with Crippen molar-refractivity contribution in [2.45, 2.75) is 11.3 Å². The quantitative estimate of drug-likeness (QED) is 0.848. The van der Waals surface area contributed by atoms with Gasteiger partial charge in [-0.2, -0.15) is 0 Å². The molecule has 24 heavy (non-hydrogen) atoms. The van der Waals surface area contributed by atoms with Crippen LogP contribution in [0.4, 0.5) is 17.6 Å². The third kappa shape index (κ3) is 2.71. The van der Waals surface area contributed by atoms with E-state index in [1.807, 2.05) is 0 Å². The van der Waals surface area contributed by atoms with E-state index in [0.29, 0.717) is 11.5 Å². The molecule has 0 unspecified atom stereocenters. The molecule has 1 heterocycles. The standard InChI is InChI=1S/C15H9F4NO3S/c16-7-3-8(17)5-9(4-7)23-11-1-2-12-13(14(11)15(18)19)10(20)6-24(12,21)22/h1-6,15H,20H2. The molecule has 2 aromatic rings. The van der Waals surface area contributed by atoms with Crippen LogP contribution in [-0.4, -0.2) is 8.42 Å². The molecular formula is C15H9F4NO3S. The van der Waals surface area contributed by atoms with E-state index in [-0.39, 0.29) is 21.9 Å². The minimum absolute atomic E-state index is 0.349. The fraction of sp³-hybridized carbons (Fsp3) is 0.0667. The Kier molecular flexibility index (Phi) is 3.75. The van der Waals surface area contributed by atoms with Gasteiger partial charge in [0.05, 0.1) is 21.6 Å². The van der Waals surface area contributed by atoms with Crippen molar-refractivity contribution >= 4 is 15.5 Å². The summed E-state index contributed by atoms with van der Waals surface area (Å²) in [5.74, 6) is -2.70. The first-order valence-corrected chi connectivity index (χ1v) is 8.05. The van der Waals surface area contributed by atoms with E-state index < -0.39 is 39.2 Å². The van der Waals surface area contributed by atoms with Crippen molar-refractivity contribution in [2.75, 3.05) is 0 Å². The Morgan fingerprint density at radius 1 is 1.04 bits per heavy atom. The summed E-state index contributed by atoms with van der Waals surface area (Å²) >= 11 is 0. The Bertz CT molecular complexity index is 951. The van der Waals surface area contributed by atoms with Crippen LogP contribution in [0, 0.1) is 11.6 Å². The number of sulfone groups is 1. The van der Waals surface area contributed by atoms with Gasteiger partial charge in [0.1, 0.15) is 23.1 Å². The van der Waals surface area contributed by atoms with Crippen molar-refractivity contribution in [3.05, 3.63) is 58.5 Å². The lowest BCUT2D eigenvalue weighted by atomic mass is 10.0. The van der Waals surface area contributed by atoms with Crippen LogP contribution < -0.4 is 10.5 Å². The van der Waals surface area contributed by atoms with Gasteiger partial charge in [-0.15, -0.1) is 0 Å². The molecule has 0 fully saturated rings. The lowest BCUT2D eigenvalue weighted by molar-refractivity contribution is 0.147. The Morgan fingerprint density at radius 2 is 1.67 bits per heavy atom. The highest BCUT2D eigenvalue weighted by Gasteiger charge is 2.33. The summed E-state index contributed by atoms with van der Waals surface area (Å²) in [6.07, 6.45) is -3.12. The van der Waals surface area contributed by atoms with Gasteiger partial charge in [0.15, 0.2) is 0 Å². The molecule has 0 saturated carbocycles. The summed E-state index contributed by atoms with van der Waals surface area (Å²) in [7, 11) is -3.91. The van der Waals surface area contributed by atoms with E-state index in [9.17, 15) is 26.0 Å². The van der Waals surface area contributed by atoms with Gasteiger partial charge in [0.2, 0.25) is 9.84 Å². The van der Waals surface area contributed by atoms with Gasteiger partial charge in [-0.3, -0.25) is 0 Å². The highest BCUT2D eigenvalue weighted by atomic mass is 32.2. The Labute approximate surface area is 134 Å². The molecule has 1 aliphatic rings. The van der Waals surface area contributed by atoms with Crippen LogP contribution in [0.15, 0.2) is 40.6 Å². The molecule has 0 spiro atoms. The number of ether oxygens (including phenoxy) is 1. The molecule has 2 N–H and O–H groups in total. The summed E-state index contributed by atoms with van der Waals surface area (Å²) in [4.78, 5) is -0.368. The molecule has 0 aliphatic carbocycles. The van der Waals surface area contributed by atoms with E-state index in [4.69, 9.17) is 10.5 Å². The summed E-state index contributed by atoms with van der Waals surface area (Å²) < 4.78 is 82.2. The molecule has 9 heteroatoms. The molecule has 0 amide bonds. The summed E-state index contributed by atoms with van der Waals surface area (Å²) in [6, 6.07) is 4.25. The van der Waals surface area contributed by atoms with Crippen LogP contribution in [0.3, 0.4) is 0 Å². The summed E-state index contributed by atoms with van der Waals surface area (Å²) in [5.41, 5.74) is 4.07. The molecule has 0 radical (unpaired) electrons. The largest absolute Gasteiger partial charge is 0.457 e. The van der Waals surface area contributed by atoms with Gasteiger partial charge in [0.25, 0.3) is 6.43 Å². The highest BCUT2D eigenvalue weighted by Crippen LogP contribution is 2.43. The number of fused-ring (bicyclic) bond motifs is 1. The van der Waals surface area contributed by atoms with E-state index in [2.05, 4.69) is 0 Å². The predicted octanol–water partition coefficient (Wildman–Crippen LogP) is 3.74. The molecule has 1 aliphatic heterocycles. The molecule has 2 aromatic carbocycles. The second-order valence-corrected chi connectivity index (χ2v) is 6.74. The van der Waals surface area contributed by atoms with E-state index in [1.54, 1.807) is 0 Å². The number of halogens is 4. The zero-order valence-electron chi connectivity index (χ0n) is 11.8. The van der Waals surface area contributed by atoms with Crippen molar-refractivity contribution in [1.82, 2.24) is 0 Å². The van der Waals surface area contributed by atoms with Crippen LogP contribution in [0.5, 0.6) is 11.5 Å². The Hall–Kier alpha value is -2.55. The summed E-state index contributed by atoms with van der Waals surface area (Å²) in [6.45, 7) is 0. The zero-order valence-corrected chi connectivity index (χ0v) is 12.6. The molecule has 0 saturated heterocycles. The second-order valence-electron chi connectivity index (χ2n) is 4.98. The molecule has 4 nitrogen and oxygen atoms in total. The fourth-order valence-corrected chi connectivity index (χ4v) is 3.77. The van der Waals surface area contributed by atoms with Crippen molar-refractivity contribution in [3.63, 3.8) is 0 Å². The fourth-order valence-electron chi connectivity index (χ4n) is 2.42. The maximum Gasteiger partial charge on any atom is 0.268 e. The first-order valence-electron chi connectivity index (χ1n) is 6.50. The maximum atomic E-state index is 13.5. The number of nitrogens with two attached hydrogens (primary N) is 1. The van der Waals surface area contributed by atoms with Crippen LogP contribution >= 0.6 is 0 Å². The average Bonchev–Trinajstić information content (AvgIpc) is 2.67. The van der Waals surface area contributed by atoms with Crippen molar-refractivity contribution in [3.8, 4) is 11.5 Å². The minimum Gasteiger partial charge on any atom is -0.457 e. The summed E-state index contributed by atoms with van der Waals surface area (Å²) in [5, 5.41) is 0.676. The zero-order chi connectivity index (χ0) is 17.6. The Balaban J connectivity index is 2.17. The normalized spacial score (nSPS) is 15.3. The SMILES string of the molecule is NC1=CS(=O)(=O)c2ccc(Oc3cc(F)cc(F)c3)c(C(F)F)c21. The van der Waals surface area contributed by atoms with Gasteiger partial charge in [0, 0.05) is 23.8 Å². The van der Waals surface area contributed by atoms with Crippen LogP contribution in [0.25, 0.3) is 5.70 Å². The number of hydrogen-bond acceptors (Lipinski definition) is 4. The van der Waals surface area contributed by atoms with Crippen molar-refractivity contribution in [1.29, 1.82) is 0 Å². The van der Waals surface area contributed by atoms with Crippen molar-refractivity contribution < 1.29 is 30.7 Å². The Morgan fingerprint density at radius 3 is 2.25 bits per heavy atom. The number of alkyl halides is 2. The topological polar surface area (TPSA) is 69.4 Å². The van der Waals surface area contributed by atoms with Gasteiger partial charge >= 0.3 is 0 Å². The van der Waals surface area contributed by atoms with Gasteiger partial charge in [-0.25, -0.2) is 26.0 Å². The molecule has 0 aromatic heterocycles. The number of rotatable bonds is 3. The van der Waals surface area contributed by atoms with Crippen LogP contribution in [0.1, 0.15) is 17.6 Å². The number of benzene rings is 2. The third-order valence-electron chi connectivity index (χ3n) is 3.33. The predicted molar refractivity (Wildman–Crippen MR) is 77.2 cm³/mol. The molecular weight excluding hydrogens is 350 g/mol. The average molecular weight is 359 g/mol. The second kappa shape index (κ2) is 5.52. The van der Waals surface area contributed by atoms with Crippen LogP contribution in [-0.2, 0) is 9.84 Å². The van der Waals surface area contributed by atoms with E-state index in [0.717, 1.165) is 24.3 Å². The lowest BCUT2D eigenvalue weighted by Gasteiger charge is -2.15. The van der Waals surface area contributed by atoms with Crippen molar-refractivity contribution in [2.24, 2.45) is 5.73 Å². The van der Waals surface area contributed by atoms with Gasteiger partial charge in [-0.05, 0) is 12.1 Å². The smallest absolute Gasteiger partial charge is 0.268 e. The first kappa shape index (κ1) is 16.3. The minimum atomic E-state index is -3.91. The monoisotopic (exact) mass is 359 g/mol. The first-order chi connectivity index (χ1) is 11.2. The molecule has 126 valence electrons. The molecule has 0 bridgehead atoms. The van der Waals surface area contributed by atoms with E-state index in [1.165, 1.54) is 0 Å². The number of hydrogen-bond donors (Lipinski definition) is 1. The van der Waals surface area contributed by atoms with Gasteiger partial charge < -0.3 is 10.5 Å². The van der Waals surface area contributed by atoms with Crippen LogP contribution in [0.2, 0.25) is 0 Å². The third-order valence-corrected chi connectivity index (χ3v) is 4.84. The van der Waals surface area contributed by atoms with Gasteiger partial charge in [-0.1, -0.05) is 0 Å². The highest BCUT2D eigenvalue weighted by molar-refractivity contribution is 7.95. The van der Waals surface area contributed by atoms with E-state index >= 15 is 0 Å².